The van der Waals surface area contributed by atoms with Crippen molar-refractivity contribution in [2.24, 2.45) is 0 Å². The second-order valence-corrected chi connectivity index (χ2v) is 4.90. The molecular formula is C16H12F4N2O3. The monoisotopic (exact) mass is 356 g/mol. The average Bonchev–Trinajstić information content (AvgIpc) is 2.51. The number of rotatable bonds is 5. The van der Waals surface area contributed by atoms with E-state index in [-0.39, 0.29) is 17.1 Å². The molecule has 2 aromatic carbocycles. The standard InChI is InChI=1S/C16H12F4N2O3/c1-8(23)21-13-5-10(18)11(19)6-14(13)22-16(24)7-25-15-3-2-9(17)4-12(15)20/h2-6H,7H2,1H3,(H,21,23)(H,22,24). The molecule has 2 aromatic rings. The lowest BCUT2D eigenvalue weighted by molar-refractivity contribution is -0.118. The van der Waals surface area contributed by atoms with Gasteiger partial charge in [0.15, 0.2) is 29.8 Å². The lowest BCUT2D eigenvalue weighted by Crippen LogP contribution is -2.22. The largest absolute Gasteiger partial charge is 0.481 e. The van der Waals surface area contributed by atoms with Gasteiger partial charge in [-0.15, -0.1) is 0 Å². The van der Waals surface area contributed by atoms with Gasteiger partial charge in [-0.25, -0.2) is 17.6 Å². The van der Waals surface area contributed by atoms with Gasteiger partial charge in [-0.2, -0.15) is 0 Å². The molecule has 25 heavy (non-hydrogen) atoms. The number of nitrogens with one attached hydrogen (secondary N) is 2. The van der Waals surface area contributed by atoms with Crippen LogP contribution >= 0.6 is 0 Å². The fourth-order valence-electron chi connectivity index (χ4n) is 1.87. The van der Waals surface area contributed by atoms with Crippen molar-refractivity contribution < 1.29 is 31.9 Å². The maximum atomic E-state index is 13.4. The van der Waals surface area contributed by atoms with Crippen LogP contribution in [0.4, 0.5) is 28.9 Å². The SMILES string of the molecule is CC(=O)Nc1cc(F)c(F)cc1NC(=O)COc1ccc(F)cc1F. The van der Waals surface area contributed by atoms with Crippen LogP contribution in [0.15, 0.2) is 30.3 Å². The molecule has 9 heteroatoms. The predicted molar refractivity (Wildman–Crippen MR) is 81.1 cm³/mol. The number of halogens is 4. The summed E-state index contributed by atoms with van der Waals surface area (Å²) in [4.78, 5) is 22.9. The van der Waals surface area contributed by atoms with E-state index in [2.05, 4.69) is 10.6 Å². The van der Waals surface area contributed by atoms with Crippen molar-refractivity contribution in [1.82, 2.24) is 0 Å². The molecule has 132 valence electrons. The van der Waals surface area contributed by atoms with Gasteiger partial charge in [0.2, 0.25) is 5.91 Å². The summed E-state index contributed by atoms with van der Waals surface area (Å²) < 4.78 is 57.7. The first-order chi connectivity index (χ1) is 11.8. The van der Waals surface area contributed by atoms with Crippen molar-refractivity contribution in [3.63, 3.8) is 0 Å². The Labute approximate surface area is 139 Å². The quantitative estimate of drug-likeness (QED) is 0.809. The first-order valence-corrected chi connectivity index (χ1v) is 6.90. The highest BCUT2D eigenvalue weighted by atomic mass is 19.2. The maximum Gasteiger partial charge on any atom is 0.262 e. The minimum Gasteiger partial charge on any atom is -0.481 e. The van der Waals surface area contributed by atoms with Crippen molar-refractivity contribution in [3.8, 4) is 5.75 Å². The number of hydrogen-bond acceptors (Lipinski definition) is 3. The Morgan fingerprint density at radius 3 is 2.08 bits per heavy atom. The molecule has 0 aromatic heterocycles. The maximum absolute atomic E-state index is 13.4. The van der Waals surface area contributed by atoms with Crippen molar-refractivity contribution in [1.29, 1.82) is 0 Å². The second-order valence-electron chi connectivity index (χ2n) is 4.90. The summed E-state index contributed by atoms with van der Waals surface area (Å²) in [5, 5.41) is 4.44. The van der Waals surface area contributed by atoms with Crippen LogP contribution in [-0.4, -0.2) is 18.4 Å². The molecule has 0 aliphatic heterocycles. The second kappa shape index (κ2) is 7.65. The third kappa shape index (κ3) is 4.93. The highest BCUT2D eigenvalue weighted by Gasteiger charge is 2.14. The number of benzene rings is 2. The molecule has 0 aliphatic carbocycles. The van der Waals surface area contributed by atoms with E-state index in [0.29, 0.717) is 18.2 Å². The van der Waals surface area contributed by atoms with Crippen molar-refractivity contribution >= 4 is 23.2 Å². The number of ether oxygens (including phenoxy) is 1. The number of amides is 2. The average molecular weight is 356 g/mol. The molecule has 0 bridgehead atoms. The highest BCUT2D eigenvalue weighted by Crippen LogP contribution is 2.25. The van der Waals surface area contributed by atoms with Gasteiger partial charge in [-0.1, -0.05) is 0 Å². The van der Waals surface area contributed by atoms with Crippen LogP contribution in [0.2, 0.25) is 0 Å². The molecule has 0 fully saturated rings. The first kappa shape index (κ1) is 18.2. The molecule has 0 unspecified atom stereocenters. The van der Waals surface area contributed by atoms with Crippen LogP contribution in [0.25, 0.3) is 0 Å². The lowest BCUT2D eigenvalue weighted by Gasteiger charge is -2.13. The molecule has 0 atom stereocenters. The molecule has 0 spiro atoms. The minimum absolute atomic E-state index is 0.160. The van der Waals surface area contributed by atoms with E-state index in [1.807, 2.05) is 0 Å². The van der Waals surface area contributed by atoms with Crippen molar-refractivity contribution in [3.05, 3.63) is 53.6 Å². The molecular weight excluding hydrogens is 344 g/mol. The highest BCUT2D eigenvalue weighted by molar-refractivity contribution is 5.99. The lowest BCUT2D eigenvalue weighted by atomic mass is 10.2. The van der Waals surface area contributed by atoms with Gasteiger partial charge in [0.25, 0.3) is 5.91 Å². The van der Waals surface area contributed by atoms with Gasteiger partial charge in [-0.05, 0) is 12.1 Å². The Bertz CT molecular complexity index is 827. The van der Waals surface area contributed by atoms with Crippen LogP contribution in [-0.2, 0) is 9.59 Å². The third-order valence-electron chi connectivity index (χ3n) is 2.90. The van der Waals surface area contributed by atoms with Gasteiger partial charge in [0, 0.05) is 25.1 Å². The Balaban J connectivity index is 2.09. The number of carbonyl (C=O) groups is 2. The molecule has 2 amide bonds. The Kier molecular flexibility index (Phi) is 5.58. The summed E-state index contributed by atoms with van der Waals surface area (Å²) in [7, 11) is 0. The summed E-state index contributed by atoms with van der Waals surface area (Å²) in [6.07, 6.45) is 0. The fourth-order valence-corrected chi connectivity index (χ4v) is 1.87. The Morgan fingerprint density at radius 1 is 0.920 bits per heavy atom. The summed E-state index contributed by atoms with van der Waals surface area (Å²) in [6.45, 7) is 0.467. The van der Waals surface area contributed by atoms with Gasteiger partial charge in [0.1, 0.15) is 5.82 Å². The van der Waals surface area contributed by atoms with E-state index in [9.17, 15) is 27.2 Å². The van der Waals surface area contributed by atoms with E-state index >= 15 is 0 Å². The minimum atomic E-state index is -1.24. The van der Waals surface area contributed by atoms with Gasteiger partial charge < -0.3 is 15.4 Å². The third-order valence-corrected chi connectivity index (χ3v) is 2.90. The summed E-state index contributed by atoms with van der Waals surface area (Å²) >= 11 is 0. The number of hydrogen-bond donors (Lipinski definition) is 2. The number of anilines is 2. The van der Waals surface area contributed by atoms with Crippen LogP contribution < -0.4 is 15.4 Å². The van der Waals surface area contributed by atoms with Gasteiger partial charge >= 0.3 is 0 Å². The molecule has 2 rings (SSSR count). The summed E-state index contributed by atoms with van der Waals surface area (Å²) in [6, 6.07) is 3.90. The van der Waals surface area contributed by atoms with Crippen molar-refractivity contribution in [2.45, 2.75) is 6.92 Å². The first-order valence-electron chi connectivity index (χ1n) is 6.90. The smallest absolute Gasteiger partial charge is 0.262 e. The van der Waals surface area contributed by atoms with Gasteiger partial charge in [-0.3, -0.25) is 9.59 Å². The summed E-state index contributed by atoms with van der Waals surface area (Å²) in [5.41, 5.74) is -0.366. The zero-order valence-corrected chi connectivity index (χ0v) is 12.8. The van der Waals surface area contributed by atoms with Crippen molar-refractivity contribution in [2.75, 3.05) is 17.2 Å². The number of carbonyl (C=O) groups excluding carboxylic acids is 2. The van der Waals surface area contributed by atoms with E-state index in [1.54, 1.807) is 0 Å². The molecule has 0 heterocycles. The van der Waals surface area contributed by atoms with E-state index < -0.39 is 41.7 Å². The topological polar surface area (TPSA) is 67.4 Å². The Hall–Kier alpha value is -3.10. The molecule has 0 saturated carbocycles. The van der Waals surface area contributed by atoms with Gasteiger partial charge in [0.05, 0.1) is 11.4 Å². The molecule has 0 aliphatic rings. The van der Waals surface area contributed by atoms with Crippen LogP contribution in [0.3, 0.4) is 0 Å². The van der Waals surface area contributed by atoms with Crippen LogP contribution in [0, 0.1) is 23.3 Å². The fraction of sp³-hybridized carbons (Fsp3) is 0.125. The predicted octanol–water partition coefficient (Wildman–Crippen LogP) is 3.22. The van der Waals surface area contributed by atoms with E-state index in [0.717, 1.165) is 19.1 Å². The zero-order valence-electron chi connectivity index (χ0n) is 12.8. The molecule has 0 radical (unpaired) electrons. The van der Waals surface area contributed by atoms with E-state index in [4.69, 9.17) is 4.74 Å². The Morgan fingerprint density at radius 2 is 1.52 bits per heavy atom. The molecule has 2 N–H and O–H groups in total. The van der Waals surface area contributed by atoms with E-state index in [1.165, 1.54) is 0 Å². The van der Waals surface area contributed by atoms with Crippen LogP contribution in [0.5, 0.6) is 5.75 Å². The summed E-state index contributed by atoms with van der Waals surface area (Å²) in [5.74, 6) is -6.02. The normalized spacial score (nSPS) is 10.3. The molecule has 0 saturated heterocycles. The zero-order chi connectivity index (χ0) is 18.6. The van der Waals surface area contributed by atoms with Crippen LogP contribution in [0.1, 0.15) is 6.92 Å². The molecule has 5 nitrogen and oxygen atoms in total.